The molecule has 0 unspecified atom stereocenters. The summed E-state index contributed by atoms with van der Waals surface area (Å²) in [6.45, 7) is 1.98. The quantitative estimate of drug-likeness (QED) is 0.780. The predicted molar refractivity (Wildman–Crippen MR) is 56.2 cm³/mol. The summed E-state index contributed by atoms with van der Waals surface area (Å²) in [5.74, 6) is 0. The SMILES string of the molecule is C[C@H](N)c1cccn1-c1ccncc1. The monoisotopic (exact) mass is 187 g/mol. The zero-order chi connectivity index (χ0) is 9.97. The van der Waals surface area contributed by atoms with Crippen LogP contribution >= 0.6 is 0 Å². The van der Waals surface area contributed by atoms with Gasteiger partial charge in [-0.15, -0.1) is 0 Å². The fraction of sp³-hybridized carbons (Fsp3) is 0.182. The topological polar surface area (TPSA) is 43.8 Å². The van der Waals surface area contributed by atoms with Crippen molar-refractivity contribution >= 4 is 0 Å². The van der Waals surface area contributed by atoms with Crippen LogP contribution in [0.4, 0.5) is 0 Å². The zero-order valence-electron chi connectivity index (χ0n) is 8.09. The van der Waals surface area contributed by atoms with E-state index in [2.05, 4.69) is 9.55 Å². The fourth-order valence-electron chi connectivity index (χ4n) is 1.51. The molecule has 2 aromatic heterocycles. The van der Waals surface area contributed by atoms with Crippen LogP contribution in [0.25, 0.3) is 5.69 Å². The molecule has 0 fully saturated rings. The summed E-state index contributed by atoms with van der Waals surface area (Å²) in [6.07, 6.45) is 5.56. The highest BCUT2D eigenvalue weighted by molar-refractivity contribution is 5.33. The molecular formula is C11H13N3. The van der Waals surface area contributed by atoms with Crippen molar-refractivity contribution in [1.29, 1.82) is 0 Å². The van der Waals surface area contributed by atoms with Crippen LogP contribution in [0.2, 0.25) is 0 Å². The van der Waals surface area contributed by atoms with Crippen molar-refractivity contribution in [1.82, 2.24) is 9.55 Å². The Bertz CT molecular complexity index is 403. The van der Waals surface area contributed by atoms with Gasteiger partial charge in [0.05, 0.1) is 0 Å². The number of hydrogen-bond acceptors (Lipinski definition) is 2. The second kappa shape index (κ2) is 3.64. The lowest BCUT2D eigenvalue weighted by Gasteiger charge is -2.11. The first kappa shape index (κ1) is 8.97. The third kappa shape index (κ3) is 1.54. The van der Waals surface area contributed by atoms with Crippen molar-refractivity contribution in [3.05, 3.63) is 48.5 Å². The molecule has 0 bridgehead atoms. The summed E-state index contributed by atoms with van der Waals surface area (Å²) in [7, 11) is 0. The Morgan fingerprint density at radius 3 is 2.64 bits per heavy atom. The van der Waals surface area contributed by atoms with Crippen molar-refractivity contribution in [3.63, 3.8) is 0 Å². The molecule has 0 aliphatic rings. The number of pyridine rings is 1. The van der Waals surface area contributed by atoms with Gasteiger partial charge in [-0.2, -0.15) is 0 Å². The average Bonchev–Trinajstić information content (AvgIpc) is 2.67. The minimum Gasteiger partial charge on any atom is -0.323 e. The van der Waals surface area contributed by atoms with E-state index in [1.165, 1.54) is 0 Å². The van der Waals surface area contributed by atoms with Crippen LogP contribution in [0.5, 0.6) is 0 Å². The van der Waals surface area contributed by atoms with Crippen LogP contribution in [0.3, 0.4) is 0 Å². The normalized spacial score (nSPS) is 12.7. The van der Waals surface area contributed by atoms with Crippen LogP contribution in [0.15, 0.2) is 42.9 Å². The summed E-state index contributed by atoms with van der Waals surface area (Å²) >= 11 is 0. The van der Waals surface area contributed by atoms with Gasteiger partial charge in [0.15, 0.2) is 0 Å². The molecule has 1 atom stereocenters. The summed E-state index contributed by atoms with van der Waals surface area (Å²) in [6, 6.07) is 8.00. The fourth-order valence-corrected chi connectivity index (χ4v) is 1.51. The van der Waals surface area contributed by atoms with Gasteiger partial charge in [0.25, 0.3) is 0 Å². The summed E-state index contributed by atoms with van der Waals surface area (Å²) in [4.78, 5) is 3.99. The third-order valence-electron chi connectivity index (χ3n) is 2.19. The van der Waals surface area contributed by atoms with Crippen molar-refractivity contribution in [2.24, 2.45) is 5.73 Å². The lowest BCUT2D eigenvalue weighted by Crippen LogP contribution is -2.10. The van der Waals surface area contributed by atoms with Crippen LogP contribution in [-0.4, -0.2) is 9.55 Å². The maximum Gasteiger partial charge on any atom is 0.0483 e. The van der Waals surface area contributed by atoms with Gasteiger partial charge in [-0.05, 0) is 31.2 Å². The first-order valence-corrected chi connectivity index (χ1v) is 4.62. The highest BCUT2D eigenvalue weighted by Gasteiger charge is 2.05. The molecule has 3 nitrogen and oxygen atoms in total. The van der Waals surface area contributed by atoms with Gasteiger partial charge in [0.1, 0.15) is 0 Å². The molecule has 0 aliphatic carbocycles. The van der Waals surface area contributed by atoms with Crippen LogP contribution < -0.4 is 5.73 Å². The van der Waals surface area contributed by atoms with Gasteiger partial charge in [-0.1, -0.05) is 0 Å². The van der Waals surface area contributed by atoms with E-state index in [1.807, 2.05) is 37.4 Å². The number of rotatable bonds is 2. The Morgan fingerprint density at radius 1 is 1.29 bits per heavy atom. The summed E-state index contributed by atoms with van der Waals surface area (Å²) in [5.41, 5.74) is 8.06. The van der Waals surface area contributed by atoms with E-state index in [1.54, 1.807) is 12.4 Å². The zero-order valence-corrected chi connectivity index (χ0v) is 8.09. The first-order valence-electron chi connectivity index (χ1n) is 4.62. The average molecular weight is 187 g/mol. The Kier molecular flexibility index (Phi) is 2.33. The van der Waals surface area contributed by atoms with Gasteiger partial charge in [-0.3, -0.25) is 4.98 Å². The first-order chi connectivity index (χ1) is 6.79. The van der Waals surface area contributed by atoms with Gasteiger partial charge >= 0.3 is 0 Å². The van der Waals surface area contributed by atoms with Gasteiger partial charge in [0, 0.05) is 36.0 Å². The molecule has 3 heteroatoms. The number of aromatic nitrogens is 2. The van der Waals surface area contributed by atoms with E-state index in [9.17, 15) is 0 Å². The number of nitrogens with zero attached hydrogens (tertiary/aromatic N) is 2. The van der Waals surface area contributed by atoms with Crippen molar-refractivity contribution in [2.75, 3.05) is 0 Å². The largest absolute Gasteiger partial charge is 0.323 e. The summed E-state index contributed by atoms with van der Waals surface area (Å²) < 4.78 is 2.08. The molecule has 0 radical (unpaired) electrons. The minimum absolute atomic E-state index is 0.0400. The van der Waals surface area contributed by atoms with Gasteiger partial charge in [0.2, 0.25) is 0 Å². The minimum atomic E-state index is 0.0400. The van der Waals surface area contributed by atoms with Gasteiger partial charge in [-0.25, -0.2) is 0 Å². The van der Waals surface area contributed by atoms with Crippen LogP contribution in [-0.2, 0) is 0 Å². The molecule has 2 N–H and O–H groups in total. The second-order valence-electron chi connectivity index (χ2n) is 3.30. The van der Waals surface area contributed by atoms with E-state index < -0.39 is 0 Å². The smallest absolute Gasteiger partial charge is 0.0483 e. The van der Waals surface area contributed by atoms with Crippen molar-refractivity contribution in [3.8, 4) is 5.69 Å². The lowest BCUT2D eigenvalue weighted by atomic mass is 10.2. The molecule has 72 valence electrons. The number of hydrogen-bond donors (Lipinski definition) is 1. The molecule has 2 heterocycles. The molecule has 0 aliphatic heterocycles. The molecule has 2 rings (SSSR count). The highest BCUT2D eigenvalue weighted by atomic mass is 15.0. The Hall–Kier alpha value is -1.61. The Morgan fingerprint density at radius 2 is 2.00 bits per heavy atom. The van der Waals surface area contributed by atoms with Crippen LogP contribution in [0.1, 0.15) is 18.7 Å². The second-order valence-corrected chi connectivity index (χ2v) is 3.30. The van der Waals surface area contributed by atoms with E-state index >= 15 is 0 Å². The molecule has 0 spiro atoms. The molecule has 14 heavy (non-hydrogen) atoms. The standard InChI is InChI=1S/C11H13N3/c1-9(12)11-3-2-8-14(11)10-4-6-13-7-5-10/h2-9H,12H2,1H3/t9-/m0/s1. The molecular weight excluding hydrogens is 174 g/mol. The van der Waals surface area contributed by atoms with E-state index in [-0.39, 0.29) is 6.04 Å². The highest BCUT2D eigenvalue weighted by Crippen LogP contribution is 2.16. The van der Waals surface area contributed by atoms with Crippen LogP contribution in [0, 0.1) is 0 Å². The molecule has 0 saturated carbocycles. The predicted octanol–water partition coefficient (Wildman–Crippen LogP) is 1.89. The van der Waals surface area contributed by atoms with E-state index in [0.29, 0.717) is 0 Å². The molecule has 0 saturated heterocycles. The van der Waals surface area contributed by atoms with Crippen molar-refractivity contribution in [2.45, 2.75) is 13.0 Å². The van der Waals surface area contributed by atoms with E-state index in [0.717, 1.165) is 11.4 Å². The van der Waals surface area contributed by atoms with Gasteiger partial charge < -0.3 is 10.3 Å². The Balaban J connectivity index is 2.47. The third-order valence-corrected chi connectivity index (χ3v) is 2.19. The molecule has 0 aromatic carbocycles. The number of nitrogens with two attached hydrogens (primary N) is 1. The summed E-state index contributed by atoms with van der Waals surface area (Å²) in [5, 5.41) is 0. The lowest BCUT2D eigenvalue weighted by molar-refractivity contribution is 0.752. The molecule has 0 amide bonds. The van der Waals surface area contributed by atoms with E-state index in [4.69, 9.17) is 5.73 Å². The molecule has 2 aromatic rings. The Labute approximate surface area is 83.2 Å². The maximum atomic E-state index is 5.86. The van der Waals surface area contributed by atoms with Crippen molar-refractivity contribution < 1.29 is 0 Å². The maximum absolute atomic E-state index is 5.86.